The first-order valence-electron chi connectivity index (χ1n) is 6.24. The Balaban J connectivity index is 2.37. The molecule has 0 spiro atoms. The molecule has 1 aromatic rings. The van der Waals surface area contributed by atoms with E-state index in [9.17, 15) is 9.90 Å². The summed E-state index contributed by atoms with van der Waals surface area (Å²) in [5.74, 6) is -0.227. The molecule has 0 saturated heterocycles. The molecule has 18 heavy (non-hydrogen) atoms. The highest BCUT2D eigenvalue weighted by Gasteiger charge is 2.32. The van der Waals surface area contributed by atoms with Crippen LogP contribution in [0.1, 0.15) is 37.0 Å². The molecule has 2 rings (SSSR count). The van der Waals surface area contributed by atoms with Gasteiger partial charge in [0.05, 0.1) is 17.4 Å². The number of pyridine rings is 1. The normalized spacial score (nSPS) is 14.8. The Hall–Kier alpha value is -1.78. The molecule has 0 aromatic carbocycles. The van der Waals surface area contributed by atoms with E-state index in [2.05, 4.69) is 23.7 Å². The van der Waals surface area contributed by atoms with Gasteiger partial charge in [-0.2, -0.15) is 0 Å². The van der Waals surface area contributed by atoms with E-state index in [1.54, 1.807) is 6.20 Å². The van der Waals surface area contributed by atoms with Gasteiger partial charge >= 0.3 is 5.97 Å². The summed E-state index contributed by atoms with van der Waals surface area (Å²) in [6.07, 6.45) is 3.83. The Morgan fingerprint density at radius 2 is 2.28 bits per heavy atom. The van der Waals surface area contributed by atoms with Gasteiger partial charge < -0.3 is 15.7 Å². The van der Waals surface area contributed by atoms with E-state index in [0.717, 1.165) is 19.4 Å². The molecule has 1 heterocycles. The maximum absolute atomic E-state index is 11.3. The fourth-order valence-electron chi connectivity index (χ4n) is 2.09. The summed E-state index contributed by atoms with van der Waals surface area (Å²) in [6.45, 7) is 5.09. The summed E-state index contributed by atoms with van der Waals surface area (Å²) in [5, 5.41) is 9.27. The number of hydrogen-bond acceptors (Lipinski definition) is 4. The topological polar surface area (TPSA) is 79.5 Å². The van der Waals surface area contributed by atoms with E-state index in [-0.39, 0.29) is 11.4 Å². The Kier molecular flexibility index (Phi) is 3.41. The van der Waals surface area contributed by atoms with Gasteiger partial charge in [-0.15, -0.1) is 0 Å². The van der Waals surface area contributed by atoms with Crippen LogP contribution in [0.2, 0.25) is 0 Å². The first kappa shape index (κ1) is 12.7. The van der Waals surface area contributed by atoms with Crippen LogP contribution >= 0.6 is 0 Å². The second kappa shape index (κ2) is 4.84. The minimum Gasteiger partial charge on any atom is -0.478 e. The second-order valence-electron chi connectivity index (χ2n) is 5.21. The number of carboxylic acid groups (broad SMARTS) is 1. The van der Waals surface area contributed by atoms with Crippen molar-refractivity contribution in [1.29, 1.82) is 0 Å². The lowest BCUT2D eigenvalue weighted by Gasteiger charge is -2.27. The molecule has 1 aliphatic rings. The lowest BCUT2D eigenvalue weighted by molar-refractivity contribution is 0.0697. The lowest BCUT2D eigenvalue weighted by Crippen LogP contribution is -2.31. The number of nitrogen functional groups attached to an aromatic ring is 1. The van der Waals surface area contributed by atoms with Gasteiger partial charge in [0.25, 0.3) is 0 Å². The Morgan fingerprint density at radius 3 is 2.78 bits per heavy atom. The van der Waals surface area contributed by atoms with E-state index in [1.165, 1.54) is 6.07 Å². The van der Waals surface area contributed by atoms with E-state index >= 15 is 0 Å². The Morgan fingerprint density at radius 1 is 1.61 bits per heavy atom. The van der Waals surface area contributed by atoms with Gasteiger partial charge in [0, 0.05) is 12.6 Å². The maximum Gasteiger partial charge on any atom is 0.338 e. The minimum absolute atomic E-state index is 0.245. The molecule has 1 aliphatic carbocycles. The van der Waals surface area contributed by atoms with Crippen molar-refractivity contribution in [2.24, 2.45) is 5.92 Å². The van der Waals surface area contributed by atoms with Crippen molar-refractivity contribution in [2.45, 2.75) is 32.7 Å². The van der Waals surface area contributed by atoms with Crippen molar-refractivity contribution >= 4 is 17.5 Å². The number of carboxylic acids is 1. The van der Waals surface area contributed by atoms with Crippen LogP contribution in [0.15, 0.2) is 12.3 Å². The number of nitrogens with two attached hydrogens (primary N) is 1. The van der Waals surface area contributed by atoms with Crippen LogP contribution in [0.25, 0.3) is 0 Å². The second-order valence-corrected chi connectivity index (χ2v) is 5.21. The average molecular weight is 249 g/mol. The van der Waals surface area contributed by atoms with Gasteiger partial charge in [-0.25, -0.2) is 9.78 Å². The number of aromatic carboxylic acids is 1. The van der Waals surface area contributed by atoms with Crippen LogP contribution in [0, 0.1) is 5.92 Å². The van der Waals surface area contributed by atoms with Crippen molar-refractivity contribution in [3.63, 3.8) is 0 Å². The first-order chi connectivity index (χ1) is 8.49. The molecule has 3 N–H and O–H groups in total. The molecule has 1 saturated carbocycles. The van der Waals surface area contributed by atoms with Gasteiger partial charge in [-0.3, -0.25) is 0 Å². The van der Waals surface area contributed by atoms with Gasteiger partial charge in [-0.1, -0.05) is 13.8 Å². The maximum atomic E-state index is 11.3. The highest BCUT2D eigenvalue weighted by Crippen LogP contribution is 2.34. The number of anilines is 2. The van der Waals surface area contributed by atoms with Crippen molar-refractivity contribution < 1.29 is 9.90 Å². The van der Waals surface area contributed by atoms with Gasteiger partial charge in [0.15, 0.2) is 0 Å². The van der Waals surface area contributed by atoms with E-state index in [0.29, 0.717) is 17.6 Å². The molecule has 5 heteroatoms. The molecule has 0 amide bonds. The fourth-order valence-corrected chi connectivity index (χ4v) is 2.09. The quantitative estimate of drug-likeness (QED) is 0.834. The zero-order valence-corrected chi connectivity index (χ0v) is 10.8. The van der Waals surface area contributed by atoms with Crippen LogP contribution in [0.4, 0.5) is 11.5 Å². The third-order valence-corrected chi connectivity index (χ3v) is 2.99. The molecule has 5 nitrogen and oxygen atoms in total. The fraction of sp³-hybridized carbons (Fsp3) is 0.538. The van der Waals surface area contributed by atoms with Gasteiger partial charge in [0.1, 0.15) is 5.82 Å². The number of hydrogen-bond donors (Lipinski definition) is 2. The number of nitrogens with zero attached hydrogens (tertiary/aromatic N) is 2. The molecule has 98 valence electrons. The summed E-state index contributed by atoms with van der Waals surface area (Å²) in [4.78, 5) is 17.5. The summed E-state index contributed by atoms with van der Waals surface area (Å²) in [6, 6.07) is 1.89. The highest BCUT2D eigenvalue weighted by atomic mass is 16.4. The van der Waals surface area contributed by atoms with Crippen molar-refractivity contribution in [1.82, 2.24) is 4.98 Å². The summed E-state index contributed by atoms with van der Waals surface area (Å²) in [5.41, 5.74) is 6.50. The van der Waals surface area contributed by atoms with E-state index in [4.69, 9.17) is 5.73 Å². The van der Waals surface area contributed by atoms with E-state index < -0.39 is 5.97 Å². The SMILES string of the molecule is CC(C)CN(c1cnc(N)cc1C(=O)O)C1CC1. The predicted molar refractivity (Wildman–Crippen MR) is 70.8 cm³/mol. The largest absolute Gasteiger partial charge is 0.478 e. The molecule has 0 atom stereocenters. The monoisotopic (exact) mass is 249 g/mol. The molecular weight excluding hydrogens is 230 g/mol. The number of aromatic nitrogens is 1. The molecule has 1 aromatic heterocycles. The van der Waals surface area contributed by atoms with Crippen molar-refractivity contribution in [3.05, 3.63) is 17.8 Å². The average Bonchev–Trinajstić information content (AvgIpc) is 3.09. The van der Waals surface area contributed by atoms with Crippen LogP contribution < -0.4 is 10.6 Å². The van der Waals surface area contributed by atoms with Crippen LogP contribution in [0.3, 0.4) is 0 Å². The smallest absolute Gasteiger partial charge is 0.338 e. The zero-order chi connectivity index (χ0) is 13.3. The Bertz CT molecular complexity index is 456. The summed E-state index contributed by atoms with van der Waals surface area (Å²) < 4.78 is 0. The van der Waals surface area contributed by atoms with Crippen molar-refractivity contribution in [3.8, 4) is 0 Å². The molecule has 0 aliphatic heterocycles. The van der Waals surface area contributed by atoms with E-state index in [1.807, 2.05) is 0 Å². The standard InChI is InChI=1S/C13H19N3O2/c1-8(2)7-16(9-3-4-9)11-6-15-12(14)5-10(11)13(17)18/h5-6,8-9H,3-4,7H2,1-2H3,(H2,14,15)(H,17,18). The lowest BCUT2D eigenvalue weighted by atomic mass is 10.1. The van der Waals surface area contributed by atoms with Crippen LogP contribution in [0.5, 0.6) is 0 Å². The predicted octanol–water partition coefficient (Wildman–Crippen LogP) is 1.99. The summed E-state index contributed by atoms with van der Waals surface area (Å²) in [7, 11) is 0. The molecule has 0 bridgehead atoms. The molecule has 0 unspecified atom stereocenters. The molecule has 0 radical (unpaired) electrons. The first-order valence-corrected chi connectivity index (χ1v) is 6.24. The third-order valence-electron chi connectivity index (χ3n) is 2.99. The van der Waals surface area contributed by atoms with Crippen molar-refractivity contribution in [2.75, 3.05) is 17.2 Å². The van der Waals surface area contributed by atoms with Crippen LogP contribution in [-0.4, -0.2) is 28.6 Å². The zero-order valence-electron chi connectivity index (χ0n) is 10.8. The third kappa shape index (κ3) is 2.72. The Labute approximate surface area is 107 Å². The van der Waals surface area contributed by atoms with Gasteiger partial charge in [-0.05, 0) is 24.8 Å². The minimum atomic E-state index is -0.950. The molecular formula is C13H19N3O2. The number of carbonyl (C=O) groups is 1. The summed E-state index contributed by atoms with van der Waals surface area (Å²) >= 11 is 0. The van der Waals surface area contributed by atoms with Crippen LogP contribution in [-0.2, 0) is 0 Å². The number of rotatable bonds is 5. The molecule has 1 fully saturated rings. The van der Waals surface area contributed by atoms with Gasteiger partial charge in [0.2, 0.25) is 0 Å². The highest BCUT2D eigenvalue weighted by molar-refractivity contribution is 5.95.